The summed E-state index contributed by atoms with van der Waals surface area (Å²) in [7, 11) is -3.84. The van der Waals surface area contributed by atoms with Crippen molar-refractivity contribution in [3.05, 3.63) is 47.6 Å². The monoisotopic (exact) mass is 448 g/mol. The van der Waals surface area contributed by atoms with E-state index in [1.165, 1.54) is 30.3 Å². The molecule has 14 heteroatoms. The molecule has 2 aromatic rings. The third-order valence-electron chi connectivity index (χ3n) is 3.91. The van der Waals surface area contributed by atoms with Gasteiger partial charge in [0.2, 0.25) is 0 Å². The maximum Gasteiger partial charge on any atom is 0.273 e. The van der Waals surface area contributed by atoms with Crippen LogP contribution >= 0.6 is 0 Å². The number of nitrogens with two attached hydrogens (primary N) is 2. The number of aryl methyl sites for hydroxylation is 1. The lowest BCUT2D eigenvalue weighted by Crippen LogP contribution is -2.56. The normalized spacial score (nSPS) is 16.7. The molecule has 1 unspecified atom stereocenters. The number of nitrogens with zero attached hydrogens (tertiary/aromatic N) is 2. The van der Waals surface area contributed by atoms with Crippen molar-refractivity contribution in [3.63, 3.8) is 0 Å². The maximum absolute atomic E-state index is 12.4. The van der Waals surface area contributed by atoms with Crippen molar-refractivity contribution in [3.8, 4) is 0 Å². The average Bonchev–Trinajstić information content (AvgIpc) is 3.12. The van der Waals surface area contributed by atoms with Crippen molar-refractivity contribution in [2.24, 2.45) is 16.5 Å². The van der Waals surface area contributed by atoms with Crippen molar-refractivity contribution < 1.29 is 22.5 Å². The summed E-state index contributed by atoms with van der Waals surface area (Å²) >= 11 is 0. The van der Waals surface area contributed by atoms with Gasteiger partial charge in [0.25, 0.3) is 15.9 Å². The second-order valence-electron chi connectivity index (χ2n) is 6.39. The number of ketones is 1. The van der Waals surface area contributed by atoms with Crippen LogP contribution in [0, 0.1) is 6.92 Å². The Morgan fingerprint density at radius 3 is 2.68 bits per heavy atom. The second kappa shape index (κ2) is 8.85. The Morgan fingerprint density at radius 2 is 2.03 bits per heavy atom. The molecule has 1 atom stereocenters. The second-order valence-corrected chi connectivity index (χ2v) is 8.07. The summed E-state index contributed by atoms with van der Waals surface area (Å²) in [5.74, 6) is -0.469. The number of aromatic nitrogens is 1. The Kier molecular flexibility index (Phi) is 6.22. The van der Waals surface area contributed by atoms with Gasteiger partial charge in [0, 0.05) is 11.8 Å². The molecule has 3 rings (SSSR count). The van der Waals surface area contributed by atoms with Crippen molar-refractivity contribution >= 4 is 39.4 Å². The quantitative estimate of drug-likeness (QED) is 0.269. The summed E-state index contributed by atoms with van der Waals surface area (Å²) in [6.07, 6.45) is 0.133. The molecule has 13 nitrogen and oxygen atoms in total. The number of carbonyl (C=O) groups is 2. The minimum absolute atomic E-state index is 0.00559. The Hall–Kier alpha value is -3.91. The van der Waals surface area contributed by atoms with Crippen LogP contribution in [0.5, 0.6) is 0 Å². The van der Waals surface area contributed by atoms with Crippen LogP contribution in [0.2, 0.25) is 0 Å². The zero-order valence-electron chi connectivity index (χ0n) is 16.2. The van der Waals surface area contributed by atoms with Gasteiger partial charge < -0.3 is 26.2 Å². The number of amides is 1. The van der Waals surface area contributed by atoms with Crippen LogP contribution in [0.25, 0.3) is 0 Å². The minimum Gasteiger partial charge on any atom is -0.391 e. The maximum atomic E-state index is 12.4. The molecule has 0 radical (unpaired) electrons. The number of hydrogen-bond acceptors (Lipinski definition) is 11. The molecule has 1 aliphatic rings. The third-order valence-corrected chi connectivity index (χ3v) is 5.29. The number of rotatable bonds is 8. The van der Waals surface area contributed by atoms with Gasteiger partial charge >= 0.3 is 0 Å². The molecule has 2 heterocycles. The molecule has 8 N–H and O–H groups in total. The molecule has 164 valence electrons. The average molecular weight is 448 g/mol. The number of anilines is 2. The highest BCUT2D eigenvalue weighted by atomic mass is 32.2. The largest absolute Gasteiger partial charge is 0.391 e. The van der Waals surface area contributed by atoms with E-state index in [9.17, 15) is 18.0 Å². The topological polar surface area (TPSA) is 207 Å². The predicted octanol–water partition coefficient (Wildman–Crippen LogP) is -1.07. The fraction of sp³-hybridized carbons (Fsp3) is 0.176. The van der Waals surface area contributed by atoms with Crippen LogP contribution in [0.3, 0.4) is 0 Å². The molecule has 0 saturated carbocycles. The van der Waals surface area contributed by atoms with E-state index in [2.05, 4.69) is 30.8 Å². The first-order valence-corrected chi connectivity index (χ1v) is 10.3. The van der Waals surface area contributed by atoms with E-state index in [4.69, 9.17) is 16.0 Å². The highest BCUT2D eigenvalue weighted by molar-refractivity contribution is 7.92. The van der Waals surface area contributed by atoms with E-state index < -0.39 is 28.0 Å². The summed E-state index contributed by atoms with van der Waals surface area (Å²) in [6, 6.07) is 7.19. The molecular formula is C17H20N8O5S. The highest BCUT2D eigenvalue weighted by Gasteiger charge is 2.21. The summed E-state index contributed by atoms with van der Waals surface area (Å²) in [6.45, 7) is 1.51. The van der Waals surface area contributed by atoms with E-state index in [1.54, 1.807) is 6.92 Å². The number of Topliss-reactive ketones (excluding diaryl/α,β-unsaturated/α-hetero) is 1. The number of hydrogen-bond donors (Lipinski definition) is 6. The first-order chi connectivity index (χ1) is 14.6. The summed E-state index contributed by atoms with van der Waals surface area (Å²) in [5.41, 5.74) is 11.4. The molecular weight excluding hydrogens is 428 g/mol. The highest BCUT2D eigenvalue weighted by Crippen LogP contribution is 2.18. The van der Waals surface area contributed by atoms with E-state index >= 15 is 0 Å². The fourth-order valence-corrected chi connectivity index (χ4v) is 3.41. The molecule has 0 spiro atoms. The first kappa shape index (κ1) is 21.8. The molecule has 0 bridgehead atoms. The molecule has 0 fully saturated rings. The fourth-order valence-electron chi connectivity index (χ4n) is 2.43. The number of benzene rings is 1. The molecule has 0 aliphatic carbocycles. The van der Waals surface area contributed by atoms with E-state index in [0.717, 1.165) is 6.21 Å². The zero-order chi connectivity index (χ0) is 22.6. The van der Waals surface area contributed by atoms with Gasteiger partial charge in [0.05, 0.1) is 17.7 Å². The SMILES string of the molecule is Cc1cc(NS(=O)(=O)c2ccc(NCC(=O)C=NC3=C(N)C(=O)NC(N)N3)cc2)no1. The van der Waals surface area contributed by atoms with Gasteiger partial charge in [-0.1, -0.05) is 5.16 Å². The van der Waals surface area contributed by atoms with Crippen molar-refractivity contribution in [1.82, 2.24) is 15.8 Å². The Morgan fingerprint density at radius 1 is 1.32 bits per heavy atom. The Bertz CT molecular complexity index is 1150. The van der Waals surface area contributed by atoms with Crippen LogP contribution in [0.4, 0.5) is 11.5 Å². The van der Waals surface area contributed by atoms with Crippen molar-refractivity contribution in [2.45, 2.75) is 18.1 Å². The van der Waals surface area contributed by atoms with Crippen LogP contribution in [-0.4, -0.2) is 44.3 Å². The van der Waals surface area contributed by atoms with Crippen molar-refractivity contribution in [1.29, 1.82) is 0 Å². The smallest absolute Gasteiger partial charge is 0.273 e. The standard InChI is InChI=1S/C17H20N8O5S/c1-9-6-13(24-30-9)25-31(28,29)12-4-2-10(3-5-12)20-7-11(26)8-21-15-14(18)16(27)23-17(19)22-15/h2-6,8,17,20,22H,7,18-19H2,1H3,(H,23,27)(H,24,25). The lowest BCUT2D eigenvalue weighted by Gasteiger charge is -2.23. The molecule has 1 aromatic carbocycles. The van der Waals surface area contributed by atoms with Gasteiger partial charge in [0.1, 0.15) is 11.5 Å². The van der Waals surface area contributed by atoms with Gasteiger partial charge in [-0.15, -0.1) is 0 Å². The van der Waals surface area contributed by atoms with Crippen LogP contribution in [-0.2, 0) is 19.6 Å². The van der Waals surface area contributed by atoms with Gasteiger partial charge in [-0.3, -0.25) is 20.0 Å². The third kappa shape index (κ3) is 5.58. The zero-order valence-corrected chi connectivity index (χ0v) is 17.1. The van der Waals surface area contributed by atoms with Gasteiger partial charge in [0.15, 0.2) is 23.7 Å². The summed E-state index contributed by atoms with van der Waals surface area (Å²) in [5, 5.41) is 11.4. The van der Waals surface area contributed by atoms with Crippen LogP contribution < -0.4 is 32.1 Å². The summed E-state index contributed by atoms with van der Waals surface area (Å²) < 4.78 is 31.8. The molecule has 1 aliphatic heterocycles. The predicted molar refractivity (Wildman–Crippen MR) is 111 cm³/mol. The molecule has 1 amide bonds. The number of sulfonamides is 1. The molecule has 0 saturated heterocycles. The van der Waals surface area contributed by atoms with Gasteiger partial charge in [-0.05, 0) is 31.2 Å². The van der Waals surface area contributed by atoms with Gasteiger partial charge in [-0.2, -0.15) is 0 Å². The van der Waals surface area contributed by atoms with E-state index in [0.29, 0.717) is 11.4 Å². The Balaban J connectivity index is 1.57. The van der Waals surface area contributed by atoms with Gasteiger partial charge in [-0.25, -0.2) is 13.4 Å². The van der Waals surface area contributed by atoms with Crippen molar-refractivity contribution in [2.75, 3.05) is 16.6 Å². The molecule has 31 heavy (non-hydrogen) atoms. The van der Waals surface area contributed by atoms with Crippen LogP contribution in [0.15, 0.2) is 56.3 Å². The summed E-state index contributed by atoms with van der Waals surface area (Å²) in [4.78, 5) is 27.4. The molecule has 1 aromatic heterocycles. The lowest BCUT2D eigenvalue weighted by molar-refractivity contribution is -0.119. The number of carbonyl (C=O) groups excluding carboxylic acids is 2. The lowest BCUT2D eigenvalue weighted by atomic mass is 10.3. The number of aliphatic imine (C=N–C) groups is 1. The van der Waals surface area contributed by atoms with E-state index in [1.807, 2.05) is 0 Å². The van der Waals surface area contributed by atoms with Crippen LogP contribution in [0.1, 0.15) is 5.76 Å². The first-order valence-electron chi connectivity index (χ1n) is 8.84. The minimum atomic E-state index is -3.84. The Labute approximate surface area is 177 Å². The van der Waals surface area contributed by atoms with E-state index in [-0.39, 0.29) is 28.8 Å². The number of nitrogens with one attached hydrogen (secondary N) is 4.